The third-order valence-electron chi connectivity index (χ3n) is 2.88. The van der Waals surface area contributed by atoms with Gasteiger partial charge in [0.1, 0.15) is 5.56 Å². The first-order valence-corrected chi connectivity index (χ1v) is 5.95. The molecule has 0 atom stereocenters. The fourth-order valence-electron chi connectivity index (χ4n) is 2.03. The lowest BCUT2D eigenvalue weighted by molar-refractivity contribution is -0.384. The lowest BCUT2D eigenvalue weighted by atomic mass is 10.2. The van der Waals surface area contributed by atoms with Crippen molar-refractivity contribution >= 4 is 23.3 Å². The molecule has 1 N–H and O–H groups in total. The van der Waals surface area contributed by atoms with Crippen molar-refractivity contribution < 1.29 is 14.8 Å². The van der Waals surface area contributed by atoms with Gasteiger partial charge in [-0.3, -0.25) is 10.1 Å². The summed E-state index contributed by atoms with van der Waals surface area (Å²) < 4.78 is 1.19. The normalized spacial score (nSPS) is 10.6. The van der Waals surface area contributed by atoms with Gasteiger partial charge in [0.15, 0.2) is 5.69 Å². The van der Waals surface area contributed by atoms with Crippen LogP contribution in [0.15, 0.2) is 18.2 Å². The summed E-state index contributed by atoms with van der Waals surface area (Å²) in [5.74, 6) is -1.14. The molecule has 7 nitrogen and oxygen atoms in total. The second-order valence-corrected chi connectivity index (χ2v) is 4.53. The van der Waals surface area contributed by atoms with Crippen LogP contribution in [0.3, 0.4) is 0 Å². The molecular formula is C12H10ClN3O4. The zero-order chi connectivity index (χ0) is 15.0. The number of nitro groups is 1. The summed E-state index contributed by atoms with van der Waals surface area (Å²) in [6, 6.07) is 4.23. The van der Waals surface area contributed by atoms with Crippen LogP contribution in [0.5, 0.6) is 0 Å². The monoisotopic (exact) mass is 295 g/mol. The summed E-state index contributed by atoms with van der Waals surface area (Å²) in [6.07, 6.45) is 0. The van der Waals surface area contributed by atoms with Crippen molar-refractivity contribution in [1.29, 1.82) is 0 Å². The van der Waals surface area contributed by atoms with E-state index < -0.39 is 10.9 Å². The smallest absolute Gasteiger partial charge is 0.339 e. The molecule has 0 bridgehead atoms. The number of nitro benzene ring substituents is 1. The molecule has 0 fully saturated rings. The van der Waals surface area contributed by atoms with Crippen LogP contribution in [0.25, 0.3) is 5.69 Å². The fraction of sp³-hybridized carbons (Fsp3) is 0.167. The van der Waals surface area contributed by atoms with Gasteiger partial charge in [-0.25, -0.2) is 9.48 Å². The summed E-state index contributed by atoms with van der Waals surface area (Å²) in [4.78, 5) is 21.7. The molecule has 1 heterocycles. The van der Waals surface area contributed by atoms with Crippen molar-refractivity contribution in [3.05, 3.63) is 50.3 Å². The highest BCUT2D eigenvalue weighted by molar-refractivity contribution is 6.32. The average Bonchev–Trinajstić information content (AvgIpc) is 2.64. The maximum Gasteiger partial charge on any atom is 0.339 e. The highest BCUT2D eigenvalue weighted by Gasteiger charge is 2.25. The summed E-state index contributed by atoms with van der Waals surface area (Å²) >= 11 is 6.01. The van der Waals surface area contributed by atoms with Gasteiger partial charge in [-0.05, 0) is 19.9 Å². The molecule has 0 saturated carbocycles. The van der Waals surface area contributed by atoms with E-state index in [1.165, 1.54) is 36.7 Å². The molecule has 2 rings (SSSR count). The number of para-hydroxylation sites is 1. The SMILES string of the molecule is Cc1nn(-c2c(Cl)cccc2[N+](=O)[O-])c(C)c1C(=O)O. The van der Waals surface area contributed by atoms with E-state index in [0.717, 1.165) is 0 Å². The van der Waals surface area contributed by atoms with E-state index in [1.54, 1.807) is 0 Å². The third kappa shape index (κ3) is 2.12. The molecule has 1 aromatic carbocycles. The van der Waals surface area contributed by atoms with E-state index in [-0.39, 0.29) is 33.3 Å². The summed E-state index contributed by atoms with van der Waals surface area (Å²) in [5, 5.41) is 24.4. The molecule has 0 unspecified atom stereocenters. The number of benzene rings is 1. The number of carboxylic acids is 1. The Kier molecular flexibility index (Phi) is 3.46. The standard InChI is InChI=1S/C12H10ClN3O4/c1-6-10(12(17)18)7(2)15(14-6)11-8(13)4-3-5-9(11)16(19)20/h3-5H,1-2H3,(H,17,18). The van der Waals surface area contributed by atoms with Gasteiger partial charge in [0.2, 0.25) is 0 Å². The van der Waals surface area contributed by atoms with Gasteiger partial charge in [-0.1, -0.05) is 17.7 Å². The Balaban J connectivity index is 2.79. The maximum atomic E-state index is 11.2. The summed E-state index contributed by atoms with van der Waals surface area (Å²) in [7, 11) is 0. The number of hydrogen-bond donors (Lipinski definition) is 1. The zero-order valence-corrected chi connectivity index (χ0v) is 11.4. The molecule has 2 aromatic rings. The molecule has 20 heavy (non-hydrogen) atoms. The predicted molar refractivity (Wildman–Crippen MR) is 71.7 cm³/mol. The number of aromatic carboxylic acids is 1. The minimum Gasteiger partial charge on any atom is -0.478 e. The summed E-state index contributed by atoms with van der Waals surface area (Å²) in [5.41, 5.74) is 0.391. The molecule has 0 amide bonds. The van der Waals surface area contributed by atoms with E-state index in [1.807, 2.05) is 0 Å². The minimum absolute atomic E-state index is 0.0132. The molecule has 8 heteroatoms. The Bertz CT molecular complexity index is 724. The van der Waals surface area contributed by atoms with Crippen LogP contribution >= 0.6 is 11.6 Å². The zero-order valence-electron chi connectivity index (χ0n) is 10.6. The number of hydrogen-bond acceptors (Lipinski definition) is 4. The van der Waals surface area contributed by atoms with Crippen LogP contribution in [0.2, 0.25) is 5.02 Å². The molecular weight excluding hydrogens is 286 g/mol. The van der Waals surface area contributed by atoms with E-state index in [2.05, 4.69) is 5.10 Å². The van der Waals surface area contributed by atoms with Gasteiger partial charge >= 0.3 is 5.97 Å². The van der Waals surface area contributed by atoms with Crippen molar-refractivity contribution in [3.63, 3.8) is 0 Å². The Hall–Kier alpha value is -2.41. The summed E-state index contributed by atoms with van der Waals surface area (Å²) in [6.45, 7) is 3.05. The third-order valence-corrected chi connectivity index (χ3v) is 3.18. The first kappa shape index (κ1) is 14.0. The first-order valence-electron chi connectivity index (χ1n) is 5.57. The molecule has 1 aromatic heterocycles. The number of nitrogens with zero attached hydrogens (tertiary/aromatic N) is 3. The molecule has 0 radical (unpaired) electrons. The van der Waals surface area contributed by atoms with Gasteiger partial charge in [0, 0.05) is 6.07 Å². The number of rotatable bonds is 3. The van der Waals surface area contributed by atoms with E-state index in [0.29, 0.717) is 0 Å². The Morgan fingerprint density at radius 3 is 2.60 bits per heavy atom. The Labute approximate surface area is 118 Å². The van der Waals surface area contributed by atoms with E-state index >= 15 is 0 Å². The number of carboxylic acid groups (broad SMARTS) is 1. The number of carbonyl (C=O) groups is 1. The minimum atomic E-state index is -1.14. The van der Waals surface area contributed by atoms with Crippen LogP contribution in [0, 0.1) is 24.0 Å². The van der Waals surface area contributed by atoms with Crippen molar-refractivity contribution in [2.75, 3.05) is 0 Å². The second-order valence-electron chi connectivity index (χ2n) is 4.13. The lowest BCUT2D eigenvalue weighted by Crippen LogP contribution is -2.06. The van der Waals surface area contributed by atoms with Gasteiger partial charge in [-0.2, -0.15) is 5.10 Å². The van der Waals surface area contributed by atoms with Crippen LogP contribution < -0.4 is 0 Å². The van der Waals surface area contributed by atoms with Crippen molar-refractivity contribution in [3.8, 4) is 5.69 Å². The highest BCUT2D eigenvalue weighted by atomic mass is 35.5. The largest absolute Gasteiger partial charge is 0.478 e. The van der Waals surface area contributed by atoms with E-state index in [4.69, 9.17) is 16.7 Å². The van der Waals surface area contributed by atoms with Gasteiger partial charge in [0.05, 0.1) is 21.3 Å². The predicted octanol–water partition coefficient (Wildman–Crippen LogP) is 2.75. The number of aryl methyl sites for hydroxylation is 1. The molecule has 0 spiro atoms. The van der Waals surface area contributed by atoms with Gasteiger partial charge < -0.3 is 5.11 Å². The molecule has 0 aliphatic carbocycles. The van der Waals surface area contributed by atoms with E-state index in [9.17, 15) is 14.9 Å². The Morgan fingerprint density at radius 2 is 2.10 bits per heavy atom. The molecule has 0 saturated heterocycles. The van der Waals surface area contributed by atoms with Crippen LogP contribution in [-0.2, 0) is 0 Å². The number of halogens is 1. The van der Waals surface area contributed by atoms with Crippen molar-refractivity contribution in [2.24, 2.45) is 0 Å². The highest BCUT2D eigenvalue weighted by Crippen LogP contribution is 2.31. The van der Waals surface area contributed by atoms with Gasteiger partial charge in [0.25, 0.3) is 5.69 Å². The lowest BCUT2D eigenvalue weighted by Gasteiger charge is -2.07. The topological polar surface area (TPSA) is 98.3 Å². The van der Waals surface area contributed by atoms with Crippen molar-refractivity contribution in [2.45, 2.75) is 13.8 Å². The quantitative estimate of drug-likeness (QED) is 0.693. The van der Waals surface area contributed by atoms with Gasteiger partial charge in [-0.15, -0.1) is 0 Å². The van der Waals surface area contributed by atoms with Crippen LogP contribution in [0.4, 0.5) is 5.69 Å². The second kappa shape index (κ2) is 4.93. The molecule has 0 aliphatic heterocycles. The van der Waals surface area contributed by atoms with Crippen LogP contribution in [-0.4, -0.2) is 25.8 Å². The maximum absolute atomic E-state index is 11.2. The Morgan fingerprint density at radius 1 is 1.45 bits per heavy atom. The first-order chi connectivity index (χ1) is 9.34. The fourth-order valence-corrected chi connectivity index (χ4v) is 2.28. The van der Waals surface area contributed by atoms with Crippen LogP contribution in [0.1, 0.15) is 21.7 Å². The van der Waals surface area contributed by atoms with Crippen molar-refractivity contribution in [1.82, 2.24) is 9.78 Å². The average molecular weight is 296 g/mol. The molecule has 104 valence electrons. The molecule has 0 aliphatic rings. The number of aromatic nitrogens is 2.